The molecule has 0 aromatic rings. The van der Waals surface area contributed by atoms with E-state index in [0.717, 1.165) is 12.5 Å². The molecule has 16 heavy (non-hydrogen) atoms. The summed E-state index contributed by atoms with van der Waals surface area (Å²) < 4.78 is 0. The normalized spacial score (nSPS) is 37.1. The molecule has 1 saturated heterocycles. The molecule has 0 bridgehead atoms. The maximum absolute atomic E-state index is 3.72. The summed E-state index contributed by atoms with van der Waals surface area (Å²) in [5.74, 6) is 0.933. The van der Waals surface area contributed by atoms with Gasteiger partial charge in [-0.1, -0.05) is 19.1 Å². The van der Waals surface area contributed by atoms with E-state index in [-0.39, 0.29) is 0 Å². The highest BCUT2D eigenvalue weighted by Crippen LogP contribution is 2.43. The van der Waals surface area contributed by atoms with E-state index >= 15 is 0 Å². The second-order valence-electron chi connectivity index (χ2n) is 5.59. The number of piperazine rings is 1. The van der Waals surface area contributed by atoms with Crippen molar-refractivity contribution in [1.82, 2.24) is 10.2 Å². The fraction of sp³-hybridized carbons (Fsp3) is 0.857. The van der Waals surface area contributed by atoms with E-state index in [0.29, 0.717) is 11.6 Å². The van der Waals surface area contributed by atoms with Crippen molar-refractivity contribution in [1.29, 1.82) is 0 Å². The molecule has 0 aromatic carbocycles. The van der Waals surface area contributed by atoms with Crippen molar-refractivity contribution in [3.05, 3.63) is 12.2 Å². The first-order chi connectivity index (χ1) is 7.70. The molecule has 1 aliphatic carbocycles. The van der Waals surface area contributed by atoms with E-state index in [2.05, 4.69) is 43.1 Å². The largest absolute Gasteiger partial charge is 0.311 e. The van der Waals surface area contributed by atoms with Crippen LogP contribution in [-0.2, 0) is 0 Å². The molecule has 0 amide bonds. The Hall–Kier alpha value is -0.340. The van der Waals surface area contributed by atoms with Gasteiger partial charge in [-0.05, 0) is 39.0 Å². The number of rotatable bonds is 4. The van der Waals surface area contributed by atoms with Gasteiger partial charge in [0.1, 0.15) is 0 Å². The molecule has 2 aliphatic rings. The quantitative estimate of drug-likeness (QED) is 0.735. The molecular weight excluding hydrogens is 196 g/mol. The van der Waals surface area contributed by atoms with Crippen LogP contribution in [0.5, 0.6) is 0 Å². The van der Waals surface area contributed by atoms with Gasteiger partial charge >= 0.3 is 0 Å². The fourth-order valence-corrected chi connectivity index (χ4v) is 2.90. The van der Waals surface area contributed by atoms with Crippen LogP contribution in [0, 0.1) is 5.92 Å². The standard InChI is InChI=1S/C14H26N2/c1-4-6-9-16-10-13(5-2)15-11-14(16,3)12-7-8-12/h4,6,12-13,15H,5,7-11H2,1-3H3/b6-4+. The molecule has 2 heteroatoms. The van der Waals surface area contributed by atoms with Gasteiger partial charge in [0.15, 0.2) is 0 Å². The van der Waals surface area contributed by atoms with Crippen molar-refractivity contribution < 1.29 is 0 Å². The molecule has 1 N–H and O–H groups in total. The Morgan fingerprint density at radius 3 is 2.75 bits per heavy atom. The van der Waals surface area contributed by atoms with Gasteiger partial charge in [0.2, 0.25) is 0 Å². The Balaban J connectivity index is 2.04. The Morgan fingerprint density at radius 2 is 2.19 bits per heavy atom. The maximum Gasteiger partial charge on any atom is 0.0337 e. The Kier molecular flexibility index (Phi) is 3.70. The van der Waals surface area contributed by atoms with Crippen LogP contribution in [0.3, 0.4) is 0 Å². The van der Waals surface area contributed by atoms with Gasteiger partial charge in [0, 0.05) is 31.2 Å². The van der Waals surface area contributed by atoms with E-state index in [9.17, 15) is 0 Å². The van der Waals surface area contributed by atoms with Crippen LogP contribution in [0.15, 0.2) is 12.2 Å². The zero-order valence-electron chi connectivity index (χ0n) is 11.0. The smallest absolute Gasteiger partial charge is 0.0337 e. The average molecular weight is 222 g/mol. The molecular formula is C14H26N2. The molecule has 2 fully saturated rings. The highest BCUT2D eigenvalue weighted by atomic mass is 15.3. The summed E-state index contributed by atoms with van der Waals surface area (Å²) in [7, 11) is 0. The fourth-order valence-electron chi connectivity index (χ4n) is 2.90. The molecule has 1 saturated carbocycles. The van der Waals surface area contributed by atoms with Gasteiger partial charge in [0.05, 0.1) is 0 Å². The summed E-state index contributed by atoms with van der Waals surface area (Å²) >= 11 is 0. The lowest BCUT2D eigenvalue weighted by Gasteiger charge is -2.48. The van der Waals surface area contributed by atoms with Crippen LogP contribution >= 0.6 is 0 Å². The van der Waals surface area contributed by atoms with Gasteiger partial charge in [-0.2, -0.15) is 0 Å². The van der Waals surface area contributed by atoms with E-state index < -0.39 is 0 Å². The molecule has 2 unspecified atom stereocenters. The van der Waals surface area contributed by atoms with Gasteiger partial charge < -0.3 is 5.32 Å². The first kappa shape index (κ1) is 12.1. The number of hydrogen-bond acceptors (Lipinski definition) is 2. The number of allylic oxidation sites excluding steroid dienone is 1. The summed E-state index contributed by atoms with van der Waals surface area (Å²) in [6.45, 7) is 10.4. The minimum Gasteiger partial charge on any atom is -0.311 e. The zero-order valence-corrected chi connectivity index (χ0v) is 11.0. The maximum atomic E-state index is 3.72. The molecule has 0 radical (unpaired) electrons. The number of hydrogen-bond donors (Lipinski definition) is 1. The topological polar surface area (TPSA) is 15.3 Å². The third-order valence-electron chi connectivity index (χ3n) is 4.42. The van der Waals surface area contributed by atoms with Gasteiger partial charge in [-0.3, -0.25) is 4.90 Å². The van der Waals surface area contributed by atoms with Crippen LogP contribution in [0.25, 0.3) is 0 Å². The van der Waals surface area contributed by atoms with Gasteiger partial charge in [0.25, 0.3) is 0 Å². The molecule has 1 heterocycles. The van der Waals surface area contributed by atoms with Crippen LogP contribution in [0.1, 0.15) is 40.0 Å². The molecule has 0 aromatic heterocycles. The second-order valence-corrected chi connectivity index (χ2v) is 5.59. The molecule has 0 spiro atoms. The summed E-state index contributed by atoms with van der Waals surface area (Å²) in [6, 6.07) is 0.692. The lowest BCUT2D eigenvalue weighted by atomic mass is 9.89. The van der Waals surface area contributed by atoms with Crippen molar-refractivity contribution >= 4 is 0 Å². The van der Waals surface area contributed by atoms with Crippen molar-refractivity contribution in [2.24, 2.45) is 5.92 Å². The number of nitrogens with one attached hydrogen (secondary N) is 1. The highest BCUT2D eigenvalue weighted by molar-refractivity contribution is 5.06. The first-order valence-electron chi connectivity index (χ1n) is 6.80. The third-order valence-corrected chi connectivity index (χ3v) is 4.42. The predicted molar refractivity (Wildman–Crippen MR) is 69.6 cm³/mol. The lowest BCUT2D eigenvalue weighted by Crippen LogP contribution is -2.64. The Morgan fingerprint density at radius 1 is 1.44 bits per heavy atom. The van der Waals surface area contributed by atoms with Crippen LogP contribution < -0.4 is 5.32 Å². The summed E-state index contributed by atoms with van der Waals surface area (Å²) in [6.07, 6.45) is 8.59. The SMILES string of the molecule is C/C=C/CN1CC(CC)NCC1(C)C1CC1. The number of nitrogens with zero attached hydrogens (tertiary/aromatic N) is 1. The van der Waals surface area contributed by atoms with E-state index in [1.54, 1.807) is 0 Å². The minimum atomic E-state index is 0.408. The van der Waals surface area contributed by atoms with Crippen LogP contribution in [0.4, 0.5) is 0 Å². The van der Waals surface area contributed by atoms with Crippen molar-refractivity contribution in [3.63, 3.8) is 0 Å². The molecule has 1 aliphatic heterocycles. The predicted octanol–water partition coefficient (Wildman–Crippen LogP) is 2.42. The molecule has 92 valence electrons. The Labute approximate surface area is 100 Å². The lowest BCUT2D eigenvalue weighted by molar-refractivity contribution is 0.0450. The van der Waals surface area contributed by atoms with E-state index in [1.807, 2.05) is 0 Å². The highest BCUT2D eigenvalue weighted by Gasteiger charge is 2.47. The summed E-state index contributed by atoms with van der Waals surface area (Å²) in [4.78, 5) is 2.70. The molecule has 2 rings (SSSR count). The van der Waals surface area contributed by atoms with Crippen molar-refractivity contribution in [2.45, 2.75) is 51.6 Å². The van der Waals surface area contributed by atoms with E-state index in [1.165, 1.54) is 32.4 Å². The monoisotopic (exact) mass is 222 g/mol. The zero-order chi connectivity index (χ0) is 11.6. The third kappa shape index (κ3) is 2.33. The Bertz CT molecular complexity index is 257. The summed E-state index contributed by atoms with van der Waals surface area (Å²) in [5.41, 5.74) is 0.408. The first-order valence-corrected chi connectivity index (χ1v) is 6.80. The van der Waals surface area contributed by atoms with Crippen molar-refractivity contribution in [2.75, 3.05) is 19.6 Å². The summed E-state index contributed by atoms with van der Waals surface area (Å²) in [5, 5.41) is 3.72. The second kappa shape index (κ2) is 4.89. The minimum absolute atomic E-state index is 0.408. The van der Waals surface area contributed by atoms with Crippen molar-refractivity contribution in [3.8, 4) is 0 Å². The molecule has 2 atom stereocenters. The van der Waals surface area contributed by atoms with Crippen LogP contribution in [0.2, 0.25) is 0 Å². The average Bonchev–Trinajstić information content (AvgIpc) is 3.12. The molecule has 2 nitrogen and oxygen atoms in total. The van der Waals surface area contributed by atoms with Gasteiger partial charge in [-0.25, -0.2) is 0 Å². The van der Waals surface area contributed by atoms with E-state index in [4.69, 9.17) is 0 Å². The van der Waals surface area contributed by atoms with Crippen LogP contribution in [-0.4, -0.2) is 36.1 Å². The van der Waals surface area contributed by atoms with Gasteiger partial charge in [-0.15, -0.1) is 0 Å².